The molecule has 22 heavy (non-hydrogen) atoms. The summed E-state index contributed by atoms with van der Waals surface area (Å²) in [4.78, 5) is 11.6. The van der Waals surface area contributed by atoms with E-state index in [9.17, 15) is 5.11 Å². The average Bonchev–Trinajstić information content (AvgIpc) is 2.52. The van der Waals surface area contributed by atoms with Gasteiger partial charge in [-0.15, -0.1) is 0 Å². The fourth-order valence-electron chi connectivity index (χ4n) is 2.67. The molecule has 1 aromatic heterocycles. The van der Waals surface area contributed by atoms with E-state index < -0.39 is 0 Å². The molecule has 0 atom stereocenters. The van der Waals surface area contributed by atoms with Crippen LogP contribution in [0.2, 0.25) is 0 Å². The number of anilines is 1. The van der Waals surface area contributed by atoms with Gasteiger partial charge < -0.3 is 10.0 Å². The van der Waals surface area contributed by atoms with Gasteiger partial charge in [0.1, 0.15) is 16.8 Å². The maximum atomic E-state index is 10.2. The van der Waals surface area contributed by atoms with Gasteiger partial charge in [0.2, 0.25) is 0 Å². The number of aromatic hydroxyl groups is 1. The first-order chi connectivity index (χ1) is 10.5. The van der Waals surface area contributed by atoms with Crippen LogP contribution in [0.15, 0.2) is 28.7 Å². The SMILES string of the molecule is CCN(CC)c1ccc2nc3c(O)c(C)cc(Br)c3nc2c1. The Kier molecular flexibility index (Phi) is 3.91. The van der Waals surface area contributed by atoms with E-state index in [1.807, 2.05) is 19.1 Å². The molecular formula is C17H18BrN3O. The van der Waals surface area contributed by atoms with E-state index in [2.05, 4.69) is 51.8 Å². The number of nitrogens with zero attached hydrogens (tertiary/aromatic N) is 3. The number of fused-ring (bicyclic) bond motifs is 2. The summed E-state index contributed by atoms with van der Waals surface area (Å²) in [5, 5.41) is 10.2. The second-order valence-electron chi connectivity index (χ2n) is 5.29. The third-order valence-electron chi connectivity index (χ3n) is 3.94. The second kappa shape index (κ2) is 5.72. The fraction of sp³-hybridized carbons (Fsp3) is 0.294. The summed E-state index contributed by atoms with van der Waals surface area (Å²) < 4.78 is 0.848. The zero-order valence-corrected chi connectivity index (χ0v) is 14.5. The zero-order chi connectivity index (χ0) is 15.9. The topological polar surface area (TPSA) is 49.2 Å². The quantitative estimate of drug-likeness (QED) is 0.703. The average molecular weight is 360 g/mol. The van der Waals surface area contributed by atoms with Crippen LogP contribution in [-0.4, -0.2) is 28.2 Å². The van der Waals surface area contributed by atoms with Gasteiger partial charge in [0, 0.05) is 23.2 Å². The molecule has 0 aliphatic rings. The lowest BCUT2D eigenvalue weighted by atomic mass is 10.1. The van der Waals surface area contributed by atoms with Gasteiger partial charge >= 0.3 is 0 Å². The lowest BCUT2D eigenvalue weighted by molar-refractivity contribution is 0.476. The molecule has 2 aromatic carbocycles. The van der Waals surface area contributed by atoms with Crippen LogP contribution in [0.4, 0.5) is 5.69 Å². The van der Waals surface area contributed by atoms with Crippen LogP contribution in [-0.2, 0) is 0 Å². The number of benzene rings is 2. The van der Waals surface area contributed by atoms with Gasteiger partial charge in [0.15, 0.2) is 0 Å². The molecule has 1 N–H and O–H groups in total. The first kappa shape index (κ1) is 15.0. The molecule has 0 radical (unpaired) electrons. The van der Waals surface area contributed by atoms with Crippen molar-refractivity contribution in [1.82, 2.24) is 9.97 Å². The summed E-state index contributed by atoms with van der Waals surface area (Å²) in [5.41, 5.74) is 4.77. The molecule has 3 aromatic rings. The monoisotopic (exact) mass is 359 g/mol. The number of hydrogen-bond donors (Lipinski definition) is 1. The maximum Gasteiger partial charge on any atom is 0.146 e. The fourth-order valence-corrected chi connectivity index (χ4v) is 3.29. The zero-order valence-electron chi connectivity index (χ0n) is 12.9. The van der Waals surface area contributed by atoms with Gasteiger partial charge in [0.25, 0.3) is 0 Å². The molecule has 0 spiro atoms. The Morgan fingerprint density at radius 2 is 1.73 bits per heavy atom. The van der Waals surface area contributed by atoms with E-state index in [-0.39, 0.29) is 5.75 Å². The van der Waals surface area contributed by atoms with Crippen molar-refractivity contribution in [3.05, 3.63) is 34.3 Å². The highest BCUT2D eigenvalue weighted by atomic mass is 79.9. The highest BCUT2D eigenvalue weighted by Crippen LogP contribution is 2.33. The summed E-state index contributed by atoms with van der Waals surface area (Å²) in [7, 11) is 0. The molecule has 0 saturated heterocycles. The first-order valence-corrected chi connectivity index (χ1v) is 8.19. The molecule has 0 saturated carbocycles. The smallest absolute Gasteiger partial charge is 0.146 e. The van der Waals surface area contributed by atoms with Gasteiger partial charge in [-0.2, -0.15) is 0 Å². The lowest BCUT2D eigenvalue weighted by Crippen LogP contribution is -2.21. The minimum absolute atomic E-state index is 0.195. The molecule has 114 valence electrons. The third-order valence-corrected chi connectivity index (χ3v) is 4.55. The Balaban J connectivity index is 2.28. The molecule has 0 unspecified atom stereocenters. The van der Waals surface area contributed by atoms with Crippen LogP contribution < -0.4 is 4.90 Å². The van der Waals surface area contributed by atoms with Crippen LogP contribution in [0.25, 0.3) is 22.1 Å². The van der Waals surface area contributed by atoms with Crippen molar-refractivity contribution in [2.24, 2.45) is 0 Å². The van der Waals surface area contributed by atoms with E-state index in [4.69, 9.17) is 4.98 Å². The van der Waals surface area contributed by atoms with Crippen LogP contribution in [0.1, 0.15) is 19.4 Å². The molecule has 0 fully saturated rings. The highest BCUT2D eigenvalue weighted by molar-refractivity contribution is 9.10. The number of hydrogen-bond acceptors (Lipinski definition) is 4. The lowest BCUT2D eigenvalue weighted by Gasteiger charge is -2.21. The molecule has 0 aliphatic carbocycles. The Hall–Kier alpha value is -1.88. The number of phenolic OH excluding ortho intramolecular Hbond substituents is 1. The molecule has 0 bridgehead atoms. The van der Waals surface area contributed by atoms with Crippen LogP contribution in [0, 0.1) is 6.92 Å². The maximum absolute atomic E-state index is 10.2. The second-order valence-corrected chi connectivity index (χ2v) is 6.14. The third kappa shape index (κ3) is 2.39. The number of aryl methyl sites for hydroxylation is 1. The number of phenols is 1. The predicted molar refractivity (Wildman–Crippen MR) is 94.7 cm³/mol. The van der Waals surface area contributed by atoms with Crippen molar-refractivity contribution in [2.75, 3.05) is 18.0 Å². The largest absolute Gasteiger partial charge is 0.505 e. The summed E-state index contributed by atoms with van der Waals surface area (Å²) in [6.45, 7) is 8.03. The molecule has 0 aliphatic heterocycles. The Morgan fingerprint density at radius 1 is 1.05 bits per heavy atom. The Morgan fingerprint density at radius 3 is 2.41 bits per heavy atom. The summed E-state index contributed by atoms with van der Waals surface area (Å²) >= 11 is 3.52. The first-order valence-electron chi connectivity index (χ1n) is 7.39. The molecule has 5 heteroatoms. The molecule has 4 nitrogen and oxygen atoms in total. The van der Waals surface area contributed by atoms with E-state index in [1.165, 1.54) is 0 Å². The van der Waals surface area contributed by atoms with Crippen LogP contribution in [0.3, 0.4) is 0 Å². The van der Waals surface area contributed by atoms with Crippen LogP contribution in [0.5, 0.6) is 5.75 Å². The van der Waals surface area contributed by atoms with Crippen molar-refractivity contribution >= 4 is 43.7 Å². The normalized spacial score (nSPS) is 11.3. The van der Waals surface area contributed by atoms with E-state index in [0.717, 1.165) is 39.8 Å². The van der Waals surface area contributed by atoms with Crippen molar-refractivity contribution in [1.29, 1.82) is 0 Å². The number of halogens is 1. The van der Waals surface area contributed by atoms with Crippen molar-refractivity contribution in [3.63, 3.8) is 0 Å². The molecule has 1 heterocycles. The van der Waals surface area contributed by atoms with Gasteiger partial charge in [-0.1, -0.05) is 0 Å². The van der Waals surface area contributed by atoms with E-state index in [1.54, 1.807) is 0 Å². The Labute approximate surface area is 137 Å². The van der Waals surface area contributed by atoms with Crippen molar-refractivity contribution < 1.29 is 5.11 Å². The molecule has 3 rings (SSSR count). The minimum Gasteiger partial charge on any atom is -0.505 e. The van der Waals surface area contributed by atoms with Gasteiger partial charge in [-0.25, -0.2) is 9.97 Å². The van der Waals surface area contributed by atoms with Gasteiger partial charge in [-0.05, 0) is 66.5 Å². The van der Waals surface area contributed by atoms with Gasteiger partial charge in [-0.3, -0.25) is 0 Å². The van der Waals surface area contributed by atoms with Crippen molar-refractivity contribution in [3.8, 4) is 5.75 Å². The Bertz CT molecular complexity index is 860. The van der Waals surface area contributed by atoms with Gasteiger partial charge in [0.05, 0.1) is 11.0 Å². The standard InChI is InChI=1S/C17H18BrN3O/c1-4-21(5-2)11-6-7-13-14(9-11)20-15-12(18)8-10(3)17(22)16(15)19-13/h6-9,22H,4-5H2,1-3H3. The van der Waals surface area contributed by atoms with Crippen molar-refractivity contribution in [2.45, 2.75) is 20.8 Å². The molecule has 0 amide bonds. The van der Waals surface area contributed by atoms with Crippen LogP contribution >= 0.6 is 15.9 Å². The van der Waals surface area contributed by atoms with E-state index in [0.29, 0.717) is 11.0 Å². The number of aromatic nitrogens is 2. The minimum atomic E-state index is 0.195. The summed E-state index contributed by atoms with van der Waals surface area (Å²) in [6, 6.07) is 7.94. The molecular weight excluding hydrogens is 342 g/mol. The highest BCUT2D eigenvalue weighted by Gasteiger charge is 2.13. The summed E-state index contributed by atoms with van der Waals surface area (Å²) in [5.74, 6) is 0.195. The van der Waals surface area contributed by atoms with E-state index >= 15 is 0 Å². The number of rotatable bonds is 3. The summed E-state index contributed by atoms with van der Waals surface area (Å²) in [6.07, 6.45) is 0. The predicted octanol–water partition coefficient (Wildman–Crippen LogP) is 4.41.